The average molecular weight is 505 g/mol. The van der Waals surface area contributed by atoms with Gasteiger partial charge in [0.1, 0.15) is 5.75 Å². The number of aliphatic hydroxyl groups excluding tert-OH is 1. The number of guanidine groups is 1. The Balaban J connectivity index is 0.00000392. The van der Waals surface area contributed by atoms with E-state index in [1.807, 2.05) is 19.1 Å². The minimum Gasteiger partial charge on any atom is -0.497 e. The Labute approximate surface area is 186 Å². The fraction of sp³-hybridized carbons (Fsp3) is 0.667. The summed E-state index contributed by atoms with van der Waals surface area (Å²) < 4.78 is 10.7. The lowest BCUT2D eigenvalue weighted by molar-refractivity contribution is 0.0368. The van der Waals surface area contributed by atoms with Crippen LogP contribution in [0, 0.1) is 5.92 Å². The molecule has 1 saturated carbocycles. The molecule has 0 aromatic heterocycles. The molecule has 1 aliphatic rings. The van der Waals surface area contributed by atoms with E-state index in [2.05, 4.69) is 34.7 Å². The van der Waals surface area contributed by atoms with Gasteiger partial charge in [-0.1, -0.05) is 19.1 Å². The molecule has 1 aromatic carbocycles. The van der Waals surface area contributed by atoms with Crippen molar-refractivity contribution in [1.82, 2.24) is 10.6 Å². The molecule has 2 atom stereocenters. The Hall–Kier alpha value is -1.06. The molecular formula is C21H36IN3O3. The Morgan fingerprint density at radius 3 is 2.57 bits per heavy atom. The molecule has 7 heteroatoms. The zero-order valence-corrected chi connectivity index (χ0v) is 19.6. The van der Waals surface area contributed by atoms with Crippen LogP contribution in [-0.2, 0) is 4.74 Å². The zero-order chi connectivity index (χ0) is 19.5. The van der Waals surface area contributed by atoms with Crippen molar-refractivity contribution in [2.45, 2.75) is 45.1 Å². The molecule has 0 radical (unpaired) electrons. The van der Waals surface area contributed by atoms with E-state index in [1.165, 1.54) is 18.4 Å². The fourth-order valence-electron chi connectivity index (χ4n) is 2.75. The lowest BCUT2D eigenvalue weighted by atomic mass is 9.98. The van der Waals surface area contributed by atoms with Crippen molar-refractivity contribution in [3.63, 3.8) is 0 Å². The molecule has 1 aliphatic carbocycles. The molecule has 160 valence electrons. The molecule has 2 rings (SSSR count). The number of ether oxygens (including phenoxy) is 2. The van der Waals surface area contributed by atoms with Crippen molar-refractivity contribution in [1.29, 1.82) is 0 Å². The summed E-state index contributed by atoms with van der Waals surface area (Å²) in [5.74, 6) is 2.77. The first-order valence-electron chi connectivity index (χ1n) is 10.0. The van der Waals surface area contributed by atoms with E-state index in [4.69, 9.17) is 9.47 Å². The fourth-order valence-corrected chi connectivity index (χ4v) is 2.75. The van der Waals surface area contributed by atoms with Crippen molar-refractivity contribution < 1.29 is 14.6 Å². The minimum atomic E-state index is -0.558. The van der Waals surface area contributed by atoms with E-state index in [0.29, 0.717) is 25.0 Å². The van der Waals surface area contributed by atoms with Crippen LogP contribution in [0.1, 0.15) is 44.6 Å². The molecule has 0 aliphatic heterocycles. The number of aliphatic hydroxyl groups is 1. The van der Waals surface area contributed by atoms with Crippen molar-refractivity contribution >= 4 is 29.9 Å². The molecule has 1 fully saturated rings. The van der Waals surface area contributed by atoms with Gasteiger partial charge in [0.15, 0.2) is 5.96 Å². The van der Waals surface area contributed by atoms with Crippen molar-refractivity contribution in [3.8, 4) is 5.75 Å². The topological polar surface area (TPSA) is 75.1 Å². The van der Waals surface area contributed by atoms with Gasteiger partial charge in [0.25, 0.3) is 0 Å². The van der Waals surface area contributed by atoms with Gasteiger partial charge >= 0.3 is 0 Å². The van der Waals surface area contributed by atoms with E-state index >= 15 is 0 Å². The number of hydrogen-bond acceptors (Lipinski definition) is 4. The van der Waals surface area contributed by atoms with E-state index in [-0.39, 0.29) is 24.0 Å². The van der Waals surface area contributed by atoms with Gasteiger partial charge < -0.3 is 25.2 Å². The number of methoxy groups -OCH3 is 1. The van der Waals surface area contributed by atoms with Crippen LogP contribution in [-0.4, -0.2) is 57.1 Å². The van der Waals surface area contributed by atoms with Crippen LogP contribution < -0.4 is 15.4 Å². The predicted molar refractivity (Wildman–Crippen MR) is 125 cm³/mol. The van der Waals surface area contributed by atoms with Gasteiger partial charge in [-0.3, -0.25) is 4.99 Å². The number of hydrogen-bond donors (Lipinski definition) is 3. The Morgan fingerprint density at radius 2 is 1.96 bits per heavy atom. The van der Waals surface area contributed by atoms with Crippen LogP contribution in [0.15, 0.2) is 29.3 Å². The van der Waals surface area contributed by atoms with Crippen LogP contribution in [0.25, 0.3) is 0 Å². The second-order valence-electron chi connectivity index (χ2n) is 7.24. The van der Waals surface area contributed by atoms with Crippen LogP contribution in [0.4, 0.5) is 0 Å². The van der Waals surface area contributed by atoms with Gasteiger partial charge in [0.2, 0.25) is 0 Å². The van der Waals surface area contributed by atoms with Gasteiger partial charge in [-0.2, -0.15) is 0 Å². The predicted octanol–water partition coefficient (Wildman–Crippen LogP) is 3.15. The number of aliphatic imine (C=N–C) groups is 1. The number of halogens is 1. The van der Waals surface area contributed by atoms with E-state index in [0.717, 1.165) is 37.8 Å². The second kappa shape index (κ2) is 14.0. The highest BCUT2D eigenvalue weighted by molar-refractivity contribution is 14.0. The van der Waals surface area contributed by atoms with E-state index in [9.17, 15) is 5.11 Å². The number of nitrogens with zero attached hydrogens (tertiary/aromatic N) is 1. The maximum Gasteiger partial charge on any atom is 0.191 e. The molecule has 0 spiro atoms. The smallest absolute Gasteiger partial charge is 0.191 e. The number of rotatable bonds is 12. The Morgan fingerprint density at radius 1 is 1.25 bits per heavy atom. The lowest BCUT2D eigenvalue weighted by Crippen LogP contribution is -2.39. The number of benzene rings is 1. The summed E-state index contributed by atoms with van der Waals surface area (Å²) >= 11 is 0. The zero-order valence-electron chi connectivity index (χ0n) is 17.3. The molecule has 6 nitrogen and oxygen atoms in total. The summed E-state index contributed by atoms with van der Waals surface area (Å²) in [7, 11) is 1.68. The standard InChI is InChI=1S/C21H35N3O3.HI/c1-4-22-21(24-13-19(25)15-27-14-17-5-6-17)23-12-11-16(2)18-7-9-20(26-3)10-8-18;/h7-10,16-17,19,25H,4-6,11-15H2,1-3H3,(H2,22,23,24);1H. The maximum absolute atomic E-state index is 10.0. The average Bonchev–Trinajstić information content (AvgIpc) is 3.50. The van der Waals surface area contributed by atoms with Gasteiger partial charge in [-0.25, -0.2) is 0 Å². The molecule has 0 amide bonds. The molecule has 2 unspecified atom stereocenters. The van der Waals surface area contributed by atoms with Crippen LogP contribution in [0.2, 0.25) is 0 Å². The first-order valence-corrected chi connectivity index (χ1v) is 10.0. The molecular weight excluding hydrogens is 469 g/mol. The summed E-state index contributed by atoms with van der Waals surface area (Å²) in [6, 6.07) is 8.22. The van der Waals surface area contributed by atoms with E-state index < -0.39 is 6.10 Å². The Bertz CT molecular complexity index is 565. The Kier molecular flexibility index (Phi) is 12.5. The molecule has 1 aromatic rings. The normalized spacial score (nSPS) is 16.1. The van der Waals surface area contributed by atoms with Crippen LogP contribution >= 0.6 is 24.0 Å². The summed E-state index contributed by atoms with van der Waals surface area (Å²) in [6.45, 7) is 7.31. The van der Waals surface area contributed by atoms with Gasteiger partial charge in [-0.15, -0.1) is 24.0 Å². The highest BCUT2D eigenvalue weighted by Gasteiger charge is 2.21. The summed E-state index contributed by atoms with van der Waals surface area (Å²) in [6.07, 6.45) is 2.96. The third-order valence-electron chi connectivity index (χ3n) is 4.72. The van der Waals surface area contributed by atoms with Gasteiger partial charge in [-0.05, 0) is 55.7 Å². The minimum absolute atomic E-state index is 0. The lowest BCUT2D eigenvalue weighted by Gasteiger charge is -2.16. The maximum atomic E-state index is 10.0. The SMILES string of the molecule is CCNC(=NCC(O)COCC1CC1)NCCC(C)c1ccc(OC)cc1.I. The van der Waals surface area contributed by atoms with Crippen LogP contribution in [0.3, 0.4) is 0 Å². The summed E-state index contributed by atoms with van der Waals surface area (Å²) in [4.78, 5) is 4.47. The van der Waals surface area contributed by atoms with Crippen molar-refractivity contribution in [2.24, 2.45) is 10.9 Å². The summed E-state index contributed by atoms with van der Waals surface area (Å²) in [5.41, 5.74) is 1.29. The third kappa shape index (κ3) is 9.93. The van der Waals surface area contributed by atoms with Gasteiger partial charge in [0.05, 0.1) is 26.4 Å². The van der Waals surface area contributed by atoms with Crippen molar-refractivity contribution in [2.75, 3.05) is 40.0 Å². The number of nitrogens with one attached hydrogen (secondary N) is 2. The molecule has 0 saturated heterocycles. The van der Waals surface area contributed by atoms with Gasteiger partial charge in [0, 0.05) is 19.7 Å². The first kappa shape index (κ1) is 25.0. The second-order valence-corrected chi connectivity index (χ2v) is 7.24. The van der Waals surface area contributed by atoms with E-state index in [1.54, 1.807) is 7.11 Å². The molecule has 0 bridgehead atoms. The highest BCUT2D eigenvalue weighted by atomic mass is 127. The van der Waals surface area contributed by atoms with Crippen molar-refractivity contribution in [3.05, 3.63) is 29.8 Å². The molecule has 28 heavy (non-hydrogen) atoms. The monoisotopic (exact) mass is 505 g/mol. The molecule has 3 N–H and O–H groups in total. The third-order valence-corrected chi connectivity index (χ3v) is 4.72. The largest absolute Gasteiger partial charge is 0.497 e. The molecule has 0 heterocycles. The highest BCUT2D eigenvalue weighted by Crippen LogP contribution is 2.28. The first-order chi connectivity index (χ1) is 13.1. The van der Waals surface area contributed by atoms with Crippen LogP contribution in [0.5, 0.6) is 5.75 Å². The quantitative estimate of drug-likeness (QED) is 0.231. The summed E-state index contributed by atoms with van der Waals surface area (Å²) in [5, 5.41) is 16.6.